The van der Waals surface area contributed by atoms with Crippen LogP contribution in [0.2, 0.25) is 0 Å². The van der Waals surface area contributed by atoms with Crippen LogP contribution in [0, 0.1) is 0 Å². The van der Waals surface area contributed by atoms with E-state index in [2.05, 4.69) is 28.1 Å². The second-order valence-corrected chi connectivity index (χ2v) is 4.89. The highest BCUT2D eigenvalue weighted by Crippen LogP contribution is 2.23. The number of alkyl halides is 1. The van der Waals surface area contributed by atoms with E-state index in [-0.39, 0.29) is 0 Å². The first kappa shape index (κ1) is 12.6. The van der Waals surface area contributed by atoms with Crippen molar-refractivity contribution in [2.24, 2.45) is 0 Å². The number of anilines is 1. The second-order valence-electron chi connectivity index (χ2n) is 4.62. The van der Waals surface area contributed by atoms with Crippen molar-refractivity contribution in [1.29, 1.82) is 0 Å². The van der Waals surface area contributed by atoms with Gasteiger partial charge in [0.05, 0.1) is 11.6 Å². The van der Waals surface area contributed by atoms with Crippen molar-refractivity contribution >= 4 is 17.4 Å². The van der Waals surface area contributed by atoms with E-state index in [0.29, 0.717) is 11.9 Å². The average Bonchev–Trinajstić information content (AvgIpc) is 2.64. The number of aromatic nitrogens is 2. The van der Waals surface area contributed by atoms with Gasteiger partial charge < -0.3 is 4.90 Å². The molecule has 0 aromatic carbocycles. The number of nitrogens with zero attached hydrogens (tertiary/aromatic N) is 3. The van der Waals surface area contributed by atoms with Crippen molar-refractivity contribution in [3.8, 4) is 0 Å². The molecule has 0 bridgehead atoms. The molecular weight excluding hydrogens is 234 g/mol. The average molecular weight is 254 g/mol. The highest BCUT2D eigenvalue weighted by atomic mass is 35.5. The summed E-state index contributed by atoms with van der Waals surface area (Å²) in [5.74, 6) is 1.44. The predicted molar refractivity (Wildman–Crippen MR) is 71.5 cm³/mol. The molecule has 3 nitrogen and oxygen atoms in total. The van der Waals surface area contributed by atoms with Crippen LogP contribution in [0.1, 0.15) is 44.7 Å². The topological polar surface area (TPSA) is 29.0 Å². The third-order valence-corrected chi connectivity index (χ3v) is 3.76. The van der Waals surface area contributed by atoms with E-state index in [1.807, 2.05) is 6.07 Å². The fraction of sp³-hybridized carbons (Fsp3) is 0.692. The van der Waals surface area contributed by atoms with Crippen LogP contribution in [-0.4, -0.2) is 22.8 Å². The Kier molecular flexibility index (Phi) is 4.60. The Morgan fingerprint density at radius 1 is 1.29 bits per heavy atom. The molecule has 0 amide bonds. The maximum Gasteiger partial charge on any atom is 0.151 e. The van der Waals surface area contributed by atoms with Crippen LogP contribution in [-0.2, 0) is 5.88 Å². The number of halogens is 1. The van der Waals surface area contributed by atoms with Gasteiger partial charge in [-0.1, -0.05) is 19.8 Å². The Morgan fingerprint density at radius 2 is 2.18 bits per heavy atom. The van der Waals surface area contributed by atoms with Gasteiger partial charge in [-0.15, -0.1) is 16.7 Å². The zero-order valence-corrected chi connectivity index (χ0v) is 11.2. The molecule has 2 heterocycles. The Bertz CT molecular complexity index is 339. The smallest absolute Gasteiger partial charge is 0.151 e. The molecule has 1 aromatic rings. The standard InChI is InChI=1S/C13H20ClN3/c1-2-12-6-4-3-5-9-17(12)13-8-7-11(10-14)15-16-13/h7-8,12H,2-6,9-10H2,1H3. The number of hydrogen-bond donors (Lipinski definition) is 0. The molecule has 1 aliphatic heterocycles. The summed E-state index contributed by atoms with van der Waals surface area (Å²) in [6.07, 6.45) is 6.38. The van der Waals surface area contributed by atoms with Crippen molar-refractivity contribution in [3.63, 3.8) is 0 Å². The Morgan fingerprint density at radius 3 is 2.82 bits per heavy atom. The van der Waals surface area contributed by atoms with Crippen molar-refractivity contribution in [2.75, 3.05) is 11.4 Å². The van der Waals surface area contributed by atoms with Crippen LogP contribution in [0.5, 0.6) is 0 Å². The minimum absolute atomic E-state index is 0.435. The minimum Gasteiger partial charge on any atom is -0.352 e. The lowest BCUT2D eigenvalue weighted by Crippen LogP contribution is -2.35. The molecule has 1 saturated heterocycles. The summed E-state index contributed by atoms with van der Waals surface area (Å²) in [5.41, 5.74) is 0.846. The quantitative estimate of drug-likeness (QED) is 0.774. The molecule has 1 aliphatic rings. The number of hydrogen-bond acceptors (Lipinski definition) is 3. The molecule has 4 heteroatoms. The molecule has 94 valence electrons. The molecule has 1 fully saturated rings. The van der Waals surface area contributed by atoms with Crippen molar-refractivity contribution in [1.82, 2.24) is 10.2 Å². The summed E-state index contributed by atoms with van der Waals surface area (Å²) >= 11 is 5.73. The predicted octanol–water partition coefficient (Wildman–Crippen LogP) is 3.37. The van der Waals surface area contributed by atoms with E-state index >= 15 is 0 Å². The van der Waals surface area contributed by atoms with Crippen LogP contribution in [0.15, 0.2) is 12.1 Å². The van der Waals surface area contributed by atoms with Gasteiger partial charge in [0, 0.05) is 12.6 Å². The van der Waals surface area contributed by atoms with Crippen LogP contribution in [0.4, 0.5) is 5.82 Å². The first-order chi connectivity index (χ1) is 8.35. The summed E-state index contributed by atoms with van der Waals surface area (Å²) in [4.78, 5) is 2.41. The molecule has 0 N–H and O–H groups in total. The fourth-order valence-electron chi connectivity index (χ4n) is 2.48. The number of rotatable bonds is 3. The van der Waals surface area contributed by atoms with Gasteiger partial charge in [0.2, 0.25) is 0 Å². The zero-order valence-electron chi connectivity index (χ0n) is 10.4. The van der Waals surface area contributed by atoms with Crippen LogP contribution in [0.3, 0.4) is 0 Å². The summed E-state index contributed by atoms with van der Waals surface area (Å²) < 4.78 is 0. The van der Waals surface area contributed by atoms with Gasteiger partial charge in [0.1, 0.15) is 0 Å². The van der Waals surface area contributed by atoms with Crippen molar-refractivity contribution in [3.05, 3.63) is 17.8 Å². The maximum atomic E-state index is 5.73. The van der Waals surface area contributed by atoms with E-state index in [0.717, 1.165) is 18.1 Å². The molecule has 0 aliphatic carbocycles. The summed E-state index contributed by atoms with van der Waals surface area (Å²) in [6.45, 7) is 3.36. The molecule has 1 atom stereocenters. The van der Waals surface area contributed by atoms with Gasteiger partial charge in [-0.3, -0.25) is 0 Å². The Labute approximate surface area is 108 Å². The SMILES string of the molecule is CCC1CCCCCN1c1ccc(CCl)nn1. The maximum absolute atomic E-state index is 5.73. The van der Waals surface area contributed by atoms with Gasteiger partial charge in [0.25, 0.3) is 0 Å². The van der Waals surface area contributed by atoms with Crippen LogP contribution >= 0.6 is 11.6 Å². The molecule has 0 radical (unpaired) electrons. The lowest BCUT2D eigenvalue weighted by Gasteiger charge is -2.29. The molecule has 1 unspecified atom stereocenters. The van der Waals surface area contributed by atoms with E-state index in [4.69, 9.17) is 11.6 Å². The largest absolute Gasteiger partial charge is 0.352 e. The van der Waals surface area contributed by atoms with Gasteiger partial charge in [-0.2, -0.15) is 5.10 Å². The van der Waals surface area contributed by atoms with E-state index < -0.39 is 0 Å². The highest BCUT2D eigenvalue weighted by molar-refractivity contribution is 6.16. The first-order valence-electron chi connectivity index (χ1n) is 6.50. The van der Waals surface area contributed by atoms with Crippen molar-refractivity contribution in [2.45, 2.75) is 50.9 Å². The molecular formula is C13H20ClN3. The second kappa shape index (κ2) is 6.20. The molecule has 2 rings (SSSR count). The van der Waals surface area contributed by atoms with Gasteiger partial charge >= 0.3 is 0 Å². The van der Waals surface area contributed by atoms with Crippen molar-refractivity contribution < 1.29 is 0 Å². The highest BCUT2D eigenvalue weighted by Gasteiger charge is 2.20. The molecule has 0 saturated carbocycles. The molecule has 17 heavy (non-hydrogen) atoms. The molecule has 1 aromatic heterocycles. The van der Waals surface area contributed by atoms with Crippen LogP contribution in [0.25, 0.3) is 0 Å². The Hall–Kier alpha value is -0.830. The Balaban J connectivity index is 2.16. The molecule has 0 spiro atoms. The first-order valence-corrected chi connectivity index (χ1v) is 7.03. The zero-order chi connectivity index (χ0) is 12.1. The summed E-state index contributed by atoms with van der Waals surface area (Å²) in [7, 11) is 0. The lowest BCUT2D eigenvalue weighted by molar-refractivity contribution is 0.550. The van der Waals surface area contributed by atoms with E-state index in [1.165, 1.54) is 32.1 Å². The van der Waals surface area contributed by atoms with Crippen LogP contribution < -0.4 is 4.90 Å². The van der Waals surface area contributed by atoms with E-state index in [9.17, 15) is 0 Å². The lowest BCUT2D eigenvalue weighted by atomic mass is 10.1. The normalized spacial score (nSPS) is 21.3. The van der Waals surface area contributed by atoms with Gasteiger partial charge in [0.15, 0.2) is 5.82 Å². The fourth-order valence-corrected chi connectivity index (χ4v) is 2.62. The summed E-state index contributed by atoms with van der Waals surface area (Å²) in [6, 6.07) is 4.65. The minimum atomic E-state index is 0.435. The third-order valence-electron chi connectivity index (χ3n) is 3.49. The third kappa shape index (κ3) is 3.09. The van der Waals surface area contributed by atoms with Gasteiger partial charge in [-0.25, -0.2) is 0 Å². The van der Waals surface area contributed by atoms with Gasteiger partial charge in [-0.05, 0) is 31.4 Å². The monoisotopic (exact) mass is 253 g/mol. The van der Waals surface area contributed by atoms with E-state index in [1.54, 1.807) is 0 Å². The summed E-state index contributed by atoms with van der Waals surface area (Å²) in [5, 5.41) is 8.45.